The lowest BCUT2D eigenvalue weighted by molar-refractivity contribution is -0.115. The van der Waals surface area contributed by atoms with Gasteiger partial charge in [-0.3, -0.25) is 9.59 Å². The Labute approximate surface area is 154 Å². The van der Waals surface area contributed by atoms with Crippen LogP contribution in [0.15, 0.2) is 48.5 Å². The zero-order valence-corrected chi connectivity index (χ0v) is 15.3. The van der Waals surface area contributed by atoms with Crippen molar-refractivity contribution in [3.63, 3.8) is 0 Å². The molecule has 0 atom stereocenters. The van der Waals surface area contributed by atoms with Crippen LogP contribution in [0, 0.1) is 11.3 Å². The van der Waals surface area contributed by atoms with Crippen LogP contribution >= 0.6 is 0 Å². The number of hydrogen-bond acceptors (Lipinski definition) is 3. The third-order valence-corrected chi connectivity index (χ3v) is 3.98. The molecular formula is C21H23N3O2. The first kappa shape index (κ1) is 19.2. The standard InChI is InChI=1S/C21H23N3O2/c1-21(2,3)17-10-8-15(9-11-17)20(26)23-14-16-6-4-5-7-18(16)24-19(25)12-13-22/h4-11H,12,14H2,1-3H3,(H,23,26)(H,24,25). The first-order valence-electron chi connectivity index (χ1n) is 8.44. The molecule has 2 aromatic rings. The first-order chi connectivity index (χ1) is 12.3. The monoisotopic (exact) mass is 349 g/mol. The van der Waals surface area contributed by atoms with Crippen molar-refractivity contribution in [3.8, 4) is 6.07 Å². The van der Waals surface area contributed by atoms with Gasteiger partial charge in [-0.05, 0) is 34.7 Å². The van der Waals surface area contributed by atoms with Crippen molar-refractivity contribution in [2.24, 2.45) is 0 Å². The zero-order valence-electron chi connectivity index (χ0n) is 15.3. The van der Waals surface area contributed by atoms with Gasteiger partial charge < -0.3 is 10.6 Å². The minimum atomic E-state index is -0.371. The fourth-order valence-corrected chi connectivity index (χ4v) is 2.46. The molecule has 26 heavy (non-hydrogen) atoms. The fourth-order valence-electron chi connectivity index (χ4n) is 2.46. The van der Waals surface area contributed by atoms with Crippen molar-refractivity contribution >= 4 is 17.5 Å². The van der Waals surface area contributed by atoms with Gasteiger partial charge in [0, 0.05) is 17.8 Å². The van der Waals surface area contributed by atoms with E-state index in [0.717, 1.165) is 5.56 Å². The summed E-state index contributed by atoms with van der Waals surface area (Å²) in [4.78, 5) is 24.0. The highest BCUT2D eigenvalue weighted by molar-refractivity contribution is 5.95. The maximum Gasteiger partial charge on any atom is 0.251 e. The summed E-state index contributed by atoms with van der Waals surface area (Å²) in [7, 11) is 0. The normalized spacial score (nSPS) is 10.7. The number of benzene rings is 2. The van der Waals surface area contributed by atoms with Crippen LogP contribution in [-0.4, -0.2) is 11.8 Å². The number of hydrogen-bond donors (Lipinski definition) is 2. The Bertz CT molecular complexity index is 828. The number of nitriles is 1. The van der Waals surface area contributed by atoms with E-state index >= 15 is 0 Å². The van der Waals surface area contributed by atoms with Crippen molar-refractivity contribution in [1.29, 1.82) is 5.26 Å². The minimum Gasteiger partial charge on any atom is -0.348 e. The summed E-state index contributed by atoms with van der Waals surface area (Å²) in [6.45, 7) is 6.65. The maximum atomic E-state index is 12.4. The number of para-hydroxylation sites is 1. The van der Waals surface area contributed by atoms with Crippen molar-refractivity contribution < 1.29 is 9.59 Å². The SMILES string of the molecule is CC(C)(C)c1ccc(C(=O)NCc2ccccc2NC(=O)CC#N)cc1. The molecule has 0 bridgehead atoms. The Morgan fingerprint density at radius 1 is 1.04 bits per heavy atom. The molecule has 5 heteroatoms. The van der Waals surface area contributed by atoms with Crippen LogP contribution < -0.4 is 10.6 Å². The van der Waals surface area contributed by atoms with Crippen LogP contribution in [0.5, 0.6) is 0 Å². The van der Waals surface area contributed by atoms with E-state index in [4.69, 9.17) is 5.26 Å². The number of nitrogens with one attached hydrogen (secondary N) is 2. The van der Waals surface area contributed by atoms with Gasteiger partial charge in [-0.25, -0.2) is 0 Å². The van der Waals surface area contributed by atoms with Gasteiger partial charge in [-0.15, -0.1) is 0 Å². The lowest BCUT2D eigenvalue weighted by Gasteiger charge is -2.19. The Balaban J connectivity index is 2.04. The number of nitrogens with zero attached hydrogens (tertiary/aromatic N) is 1. The van der Waals surface area contributed by atoms with Crippen molar-refractivity contribution in [3.05, 3.63) is 65.2 Å². The molecule has 5 nitrogen and oxygen atoms in total. The predicted molar refractivity (Wildman–Crippen MR) is 102 cm³/mol. The molecule has 0 saturated carbocycles. The molecular weight excluding hydrogens is 326 g/mol. The van der Waals surface area contributed by atoms with Gasteiger partial charge in [0.25, 0.3) is 5.91 Å². The molecule has 134 valence electrons. The molecule has 0 heterocycles. The average molecular weight is 349 g/mol. The number of amides is 2. The van der Waals surface area contributed by atoms with Gasteiger partial charge >= 0.3 is 0 Å². The molecule has 0 saturated heterocycles. The van der Waals surface area contributed by atoms with Crippen LogP contribution in [0.2, 0.25) is 0 Å². The van der Waals surface area contributed by atoms with Crippen LogP contribution in [0.25, 0.3) is 0 Å². The molecule has 0 radical (unpaired) electrons. The van der Waals surface area contributed by atoms with Crippen molar-refractivity contribution in [2.45, 2.75) is 39.2 Å². The zero-order chi connectivity index (χ0) is 19.2. The second kappa shape index (κ2) is 8.30. The molecule has 2 amide bonds. The van der Waals surface area contributed by atoms with Gasteiger partial charge in [-0.1, -0.05) is 51.1 Å². The van der Waals surface area contributed by atoms with Crippen LogP contribution in [0.1, 0.15) is 48.7 Å². The summed E-state index contributed by atoms with van der Waals surface area (Å²) < 4.78 is 0. The average Bonchev–Trinajstić information content (AvgIpc) is 2.60. The Kier molecular flexibility index (Phi) is 6.13. The van der Waals surface area contributed by atoms with E-state index in [2.05, 4.69) is 31.4 Å². The summed E-state index contributed by atoms with van der Waals surface area (Å²) in [5.74, 6) is -0.548. The third-order valence-electron chi connectivity index (χ3n) is 3.98. The molecule has 2 aromatic carbocycles. The minimum absolute atomic E-state index is 0.0373. The summed E-state index contributed by atoms with van der Waals surface area (Å²) >= 11 is 0. The highest BCUT2D eigenvalue weighted by Gasteiger charge is 2.14. The van der Waals surface area contributed by atoms with Gasteiger partial charge in [0.05, 0.1) is 6.07 Å². The number of anilines is 1. The van der Waals surface area contributed by atoms with E-state index in [1.807, 2.05) is 42.5 Å². The maximum absolute atomic E-state index is 12.4. The Morgan fingerprint density at radius 2 is 1.69 bits per heavy atom. The Hall–Kier alpha value is -3.13. The molecule has 0 fully saturated rings. The molecule has 0 aromatic heterocycles. The van der Waals surface area contributed by atoms with E-state index < -0.39 is 0 Å². The van der Waals surface area contributed by atoms with E-state index in [1.165, 1.54) is 5.56 Å². The van der Waals surface area contributed by atoms with E-state index in [0.29, 0.717) is 11.3 Å². The summed E-state index contributed by atoms with van der Waals surface area (Å²) in [6, 6.07) is 16.6. The third kappa shape index (κ3) is 5.18. The second-order valence-corrected chi connectivity index (χ2v) is 7.05. The molecule has 0 unspecified atom stereocenters. The largest absolute Gasteiger partial charge is 0.348 e. The number of carbonyl (C=O) groups excluding carboxylic acids is 2. The van der Waals surface area contributed by atoms with Crippen LogP contribution in [0.3, 0.4) is 0 Å². The summed E-state index contributed by atoms with van der Waals surface area (Å²) in [6.07, 6.45) is -0.208. The predicted octanol–water partition coefficient (Wildman–Crippen LogP) is 3.77. The van der Waals surface area contributed by atoms with E-state index in [1.54, 1.807) is 12.1 Å². The molecule has 0 aliphatic rings. The quantitative estimate of drug-likeness (QED) is 0.862. The molecule has 0 aliphatic heterocycles. The number of rotatable bonds is 5. The molecule has 0 spiro atoms. The lowest BCUT2D eigenvalue weighted by Crippen LogP contribution is -2.24. The number of carbonyl (C=O) groups is 2. The second-order valence-electron chi connectivity index (χ2n) is 7.05. The Morgan fingerprint density at radius 3 is 2.31 bits per heavy atom. The molecule has 2 rings (SSSR count). The fraction of sp³-hybridized carbons (Fsp3) is 0.286. The topological polar surface area (TPSA) is 82.0 Å². The van der Waals surface area contributed by atoms with Gasteiger partial charge in [0.15, 0.2) is 0 Å². The van der Waals surface area contributed by atoms with Gasteiger partial charge in [-0.2, -0.15) is 5.26 Å². The van der Waals surface area contributed by atoms with Crippen LogP contribution in [-0.2, 0) is 16.8 Å². The van der Waals surface area contributed by atoms with Gasteiger partial charge in [0.1, 0.15) is 6.42 Å². The highest BCUT2D eigenvalue weighted by Crippen LogP contribution is 2.22. The van der Waals surface area contributed by atoms with Crippen molar-refractivity contribution in [1.82, 2.24) is 5.32 Å². The lowest BCUT2D eigenvalue weighted by atomic mass is 9.87. The van der Waals surface area contributed by atoms with E-state index in [9.17, 15) is 9.59 Å². The van der Waals surface area contributed by atoms with Gasteiger partial charge in [0.2, 0.25) is 5.91 Å². The molecule has 0 aliphatic carbocycles. The van der Waals surface area contributed by atoms with Crippen molar-refractivity contribution in [2.75, 3.05) is 5.32 Å². The van der Waals surface area contributed by atoms with E-state index in [-0.39, 0.29) is 30.2 Å². The first-order valence-corrected chi connectivity index (χ1v) is 8.44. The summed E-state index contributed by atoms with van der Waals surface area (Å²) in [5, 5.41) is 14.1. The van der Waals surface area contributed by atoms with Crippen LogP contribution in [0.4, 0.5) is 5.69 Å². The smallest absolute Gasteiger partial charge is 0.251 e. The summed E-state index contributed by atoms with van der Waals surface area (Å²) in [5.41, 5.74) is 3.16. The molecule has 2 N–H and O–H groups in total. The highest BCUT2D eigenvalue weighted by atomic mass is 16.2.